The van der Waals surface area contributed by atoms with Crippen LogP contribution in [0.1, 0.15) is 56.2 Å². The molecule has 2 aromatic rings. The van der Waals surface area contributed by atoms with Crippen LogP contribution in [-0.4, -0.2) is 13.2 Å². The van der Waals surface area contributed by atoms with Crippen molar-refractivity contribution >= 4 is 11.6 Å². The highest BCUT2D eigenvalue weighted by molar-refractivity contribution is 6.31. The Hall–Kier alpha value is -1.71. The summed E-state index contributed by atoms with van der Waals surface area (Å²) in [5, 5.41) is 4.18. The highest BCUT2D eigenvalue weighted by atomic mass is 35.5. The summed E-state index contributed by atoms with van der Waals surface area (Å²) in [5.74, 6) is 1.44. The van der Waals surface area contributed by atoms with Crippen molar-refractivity contribution in [2.45, 2.75) is 59.6 Å². The lowest BCUT2D eigenvalue weighted by Gasteiger charge is -2.16. The summed E-state index contributed by atoms with van der Waals surface area (Å²) in [5.41, 5.74) is 3.41. The molecule has 1 N–H and O–H groups in total. The van der Waals surface area contributed by atoms with E-state index in [9.17, 15) is 0 Å². The highest BCUT2D eigenvalue weighted by Gasteiger charge is 2.12. The molecule has 0 bridgehead atoms. The van der Waals surface area contributed by atoms with Gasteiger partial charge in [-0.15, -0.1) is 0 Å². The Labute approximate surface area is 169 Å². The van der Waals surface area contributed by atoms with Gasteiger partial charge >= 0.3 is 0 Å². The van der Waals surface area contributed by atoms with Crippen LogP contribution in [0, 0.1) is 6.92 Å². The molecule has 0 fully saturated rings. The molecule has 2 rings (SSSR count). The molecule has 27 heavy (non-hydrogen) atoms. The fraction of sp³-hybridized carbons (Fsp3) is 0.478. The van der Waals surface area contributed by atoms with E-state index in [-0.39, 0.29) is 0 Å². The third kappa shape index (κ3) is 7.08. The zero-order chi connectivity index (χ0) is 19.5. The van der Waals surface area contributed by atoms with Crippen LogP contribution in [0.5, 0.6) is 11.5 Å². The maximum atomic E-state index is 6.50. The molecule has 0 spiro atoms. The van der Waals surface area contributed by atoms with E-state index in [1.807, 2.05) is 31.2 Å². The molecule has 0 aliphatic carbocycles. The third-order valence-corrected chi connectivity index (χ3v) is 4.93. The molecule has 2 aromatic carbocycles. The van der Waals surface area contributed by atoms with E-state index in [1.54, 1.807) is 0 Å². The first kappa shape index (κ1) is 21.6. The fourth-order valence-electron chi connectivity index (χ4n) is 2.92. The van der Waals surface area contributed by atoms with Gasteiger partial charge in [0.25, 0.3) is 0 Å². The van der Waals surface area contributed by atoms with Crippen molar-refractivity contribution in [3.8, 4) is 11.5 Å². The first-order chi connectivity index (χ1) is 13.2. The zero-order valence-corrected chi connectivity index (χ0v) is 17.6. The lowest BCUT2D eigenvalue weighted by Crippen LogP contribution is -2.15. The Morgan fingerprint density at radius 3 is 2.44 bits per heavy atom. The van der Waals surface area contributed by atoms with Crippen molar-refractivity contribution in [1.82, 2.24) is 5.32 Å². The van der Waals surface area contributed by atoms with Crippen LogP contribution in [0.4, 0.5) is 0 Å². The number of unbranched alkanes of at least 4 members (excludes halogenated alkanes) is 3. The molecule has 0 atom stereocenters. The number of halogens is 1. The van der Waals surface area contributed by atoms with Gasteiger partial charge in [-0.1, -0.05) is 62.1 Å². The van der Waals surface area contributed by atoms with E-state index >= 15 is 0 Å². The minimum absolute atomic E-state index is 0.498. The van der Waals surface area contributed by atoms with E-state index < -0.39 is 0 Å². The van der Waals surface area contributed by atoms with Crippen molar-refractivity contribution in [2.24, 2.45) is 0 Å². The minimum Gasteiger partial charge on any atom is -0.490 e. The minimum atomic E-state index is 0.498. The number of hydrogen-bond donors (Lipinski definition) is 1. The Morgan fingerprint density at radius 2 is 1.70 bits per heavy atom. The smallest absolute Gasteiger partial charge is 0.163 e. The fourth-order valence-corrected chi connectivity index (χ4v) is 3.14. The molecule has 148 valence electrons. The molecule has 0 radical (unpaired) electrons. The van der Waals surface area contributed by atoms with Crippen LogP contribution in [0.25, 0.3) is 0 Å². The third-order valence-electron chi connectivity index (χ3n) is 4.58. The van der Waals surface area contributed by atoms with Crippen molar-refractivity contribution in [3.63, 3.8) is 0 Å². The number of ether oxygens (including phenoxy) is 2. The van der Waals surface area contributed by atoms with Crippen LogP contribution in [0.3, 0.4) is 0 Å². The highest BCUT2D eigenvalue weighted by Crippen LogP contribution is 2.34. The Kier molecular flexibility index (Phi) is 9.51. The van der Waals surface area contributed by atoms with Gasteiger partial charge < -0.3 is 14.8 Å². The van der Waals surface area contributed by atoms with Crippen LogP contribution in [0.2, 0.25) is 5.02 Å². The number of benzene rings is 2. The lowest BCUT2D eigenvalue weighted by atomic mass is 10.1. The molecular formula is C23H32ClNO2. The zero-order valence-electron chi connectivity index (χ0n) is 16.8. The molecule has 3 nitrogen and oxygen atoms in total. The summed E-state index contributed by atoms with van der Waals surface area (Å²) in [6.07, 6.45) is 5.02. The molecule has 0 saturated carbocycles. The van der Waals surface area contributed by atoms with Gasteiger partial charge in [0.05, 0.1) is 6.61 Å². The Bertz CT molecular complexity index is 703. The van der Waals surface area contributed by atoms with E-state index in [2.05, 4.69) is 31.3 Å². The van der Waals surface area contributed by atoms with Gasteiger partial charge in [-0.2, -0.15) is 0 Å². The predicted octanol–water partition coefficient (Wildman–Crippen LogP) is 6.30. The maximum Gasteiger partial charge on any atom is 0.163 e. The van der Waals surface area contributed by atoms with Crippen LogP contribution in [-0.2, 0) is 13.2 Å². The van der Waals surface area contributed by atoms with Gasteiger partial charge in [-0.05, 0) is 49.6 Å². The van der Waals surface area contributed by atoms with Crippen LogP contribution < -0.4 is 14.8 Å². The average molecular weight is 390 g/mol. The maximum absolute atomic E-state index is 6.50. The quantitative estimate of drug-likeness (QED) is 0.432. The predicted molar refractivity (Wildman–Crippen MR) is 114 cm³/mol. The average Bonchev–Trinajstić information content (AvgIpc) is 2.66. The first-order valence-corrected chi connectivity index (χ1v) is 10.4. The molecule has 4 heteroatoms. The molecule has 0 saturated heterocycles. The molecule has 0 unspecified atom stereocenters. The molecule has 0 amide bonds. The summed E-state index contributed by atoms with van der Waals surface area (Å²) >= 11 is 6.50. The van der Waals surface area contributed by atoms with Crippen molar-refractivity contribution in [3.05, 3.63) is 58.1 Å². The number of hydrogen-bond acceptors (Lipinski definition) is 3. The van der Waals surface area contributed by atoms with E-state index in [0.717, 1.165) is 30.0 Å². The second-order valence-electron chi connectivity index (χ2n) is 6.78. The molecule has 0 heterocycles. The van der Waals surface area contributed by atoms with E-state index in [0.29, 0.717) is 24.0 Å². The lowest BCUT2D eigenvalue weighted by molar-refractivity contribution is 0.268. The summed E-state index contributed by atoms with van der Waals surface area (Å²) < 4.78 is 11.8. The summed E-state index contributed by atoms with van der Waals surface area (Å²) in [6.45, 7) is 9.13. The number of nitrogens with one attached hydrogen (secondary N) is 1. The van der Waals surface area contributed by atoms with Crippen LogP contribution >= 0.6 is 11.6 Å². The molecule has 0 aliphatic rings. The van der Waals surface area contributed by atoms with Crippen molar-refractivity contribution < 1.29 is 9.47 Å². The van der Waals surface area contributed by atoms with Gasteiger partial charge in [-0.3, -0.25) is 0 Å². The summed E-state index contributed by atoms with van der Waals surface area (Å²) in [4.78, 5) is 0. The van der Waals surface area contributed by atoms with Crippen molar-refractivity contribution in [1.29, 1.82) is 0 Å². The Morgan fingerprint density at radius 1 is 0.926 bits per heavy atom. The Balaban J connectivity index is 2.00. The van der Waals surface area contributed by atoms with E-state index in [4.69, 9.17) is 21.1 Å². The second-order valence-corrected chi connectivity index (χ2v) is 7.18. The SMILES string of the molecule is CCCCCCNCc1cc(OCC)c(OCc2ccccc2C)cc1Cl. The summed E-state index contributed by atoms with van der Waals surface area (Å²) in [7, 11) is 0. The van der Waals surface area contributed by atoms with Gasteiger partial charge in [0, 0.05) is 17.6 Å². The summed E-state index contributed by atoms with van der Waals surface area (Å²) in [6, 6.07) is 12.1. The molecule has 0 aromatic heterocycles. The van der Waals surface area contributed by atoms with Gasteiger partial charge in [0.15, 0.2) is 11.5 Å². The van der Waals surface area contributed by atoms with Gasteiger partial charge in [-0.25, -0.2) is 0 Å². The number of rotatable bonds is 12. The standard InChI is InChI=1S/C23H32ClNO2/c1-4-6-7-10-13-25-16-20-14-22(26-5-2)23(15-21(20)24)27-17-19-12-9-8-11-18(19)3/h8-9,11-12,14-15,25H,4-7,10,13,16-17H2,1-3H3. The molecular weight excluding hydrogens is 358 g/mol. The molecule has 0 aliphatic heterocycles. The van der Waals surface area contributed by atoms with Gasteiger partial charge in [0.1, 0.15) is 6.61 Å². The first-order valence-electron chi connectivity index (χ1n) is 9.99. The normalized spacial score (nSPS) is 10.8. The van der Waals surface area contributed by atoms with Gasteiger partial charge in [0.2, 0.25) is 0 Å². The van der Waals surface area contributed by atoms with Crippen molar-refractivity contribution in [2.75, 3.05) is 13.2 Å². The monoisotopic (exact) mass is 389 g/mol. The largest absolute Gasteiger partial charge is 0.490 e. The second kappa shape index (κ2) is 11.9. The van der Waals surface area contributed by atoms with Crippen LogP contribution in [0.15, 0.2) is 36.4 Å². The van der Waals surface area contributed by atoms with E-state index in [1.165, 1.54) is 31.2 Å². The topological polar surface area (TPSA) is 30.5 Å². The number of aryl methyl sites for hydroxylation is 1.